The van der Waals surface area contributed by atoms with E-state index < -0.39 is 10.0 Å². The van der Waals surface area contributed by atoms with Crippen LogP contribution in [0.15, 0.2) is 49.2 Å². The third-order valence-electron chi connectivity index (χ3n) is 4.98. The van der Waals surface area contributed by atoms with Crippen LogP contribution in [0, 0.1) is 0 Å². The van der Waals surface area contributed by atoms with Crippen molar-refractivity contribution < 1.29 is 22.7 Å². The van der Waals surface area contributed by atoms with Crippen molar-refractivity contribution in [3.63, 3.8) is 0 Å². The summed E-state index contributed by atoms with van der Waals surface area (Å²) in [6.45, 7) is 0.386. The molecule has 12 nitrogen and oxygen atoms in total. The molecule has 0 amide bonds. The molecule has 13 heteroatoms. The summed E-state index contributed by atoms with van der Waals surface area (Å²) in [6, 6.07) is 7.23. The fourth-order valence-corrected chi connectivity index (χ4v) is 3.92. The molecule has 0 radical (unpaired) electrons. The van der Waals surface area contributed by atoms with Gasteiger partial charge in [-0.1, -0.05) is 6.07 Å². The molecule has 0 aliphatic rings. The monoisotopic (exact) mass is 497 g/mol. The summed E-state index contributed by atoms with van der Waals surface area (Å²) in [5.74, 6) is 0.405. The first-order chi connectivity index (χ1) is 16.8. The predicted octanol–water partition coefficient (Wildman–Crippen LogP) is 2.58. The summed E-state index contributed by atoms with van der Waals surface area (Å²) in [5.41, 5.74) is 3.07. The number of rotatable bonds is 9. The summed E-state index contributed by atoms with van der Waals surface area (Å²) in [7, 11) is -0.767. The smallest absolute Gasteiger partial charge is 0.307 e. The SMILES string of the molecule is COC(=O)CCn1cc(Nc2ncnc3ccc(-c4cnc(OC)c(NS(C)(=O)=O)c4)cc23)cn1. The zero-order valence-corrected chi connectivity index (χ0v) is 20.0. The van der Waals surface area contributed by atoms with E-state index in [9.17, 15) is 13.2 Å². The van der Waals surface area contributed by atoms with E-state index in [-0.39, 0.29) is 24.0 Å². The summed E-state index contributed by atoms with van der Waals surface area (Å²) < 4.78 is 37.4. The minimum atomic E-state index is -3.53. The van der Waals surface area contributed by atoms with Gasteiger partial charge in [-0.3, -0.25) is 14.2 Å². The lowest BCUT2D eigenvalue weighted by Crippen LogP contribution is -2.11. The maximum Gasteiger partial charge on any atom is 0.307 e. The molecule has 0 aliphatic carbocycles. The largest absolute Gasteiger partial charge is 0.480 e. The molecular formula is C22H23N7O5S. The Morgan fingerprint density at radius 1 is 1.09 bits per heavy atom. The van der Waals surface area contributed by atoms with Gasteiger partial charge in [0.2, 0.25) is 15.9 Å². The van der Waals surface area contributed by atoms with E-state index >= 15 is 0 Å². The molecule has 0 bridgehead atoms. The number of aryl methyl sites for hydroxylation is 1. The number of benzene rings is 1. The molecule has 2 N–H and O–H groups in total. The van der Waals surface area contributed by atoms with Crippen molar-refractivity contribution in [1.82, 2.24) is 24.7 Å². The molecule has 0 aliphatic heterocycles. The fourth-order valence-electron chi connectivity index (χ4n) is 3.38. The molecule has 1 aromatic carbocycles. The number of aromatic nitrogens is 5. The summed E-state index contributed by atoms with van der Waals surface area (Å²) in [6.07, 6.45) is 7.71. The van der Waals surface area contributed by atoms with E-state index in [0.29, 0.717) is 29.1 Å². The number of fused-ring (bicyclic) bond motifs is 1. The standard InChI is InChI=1S/C22H23N7O5S/c1-33-20(30)6-7-29-12-16(11-26-29)27-21-17-8-14(4-5-18(17)24-13-25-21)15-9-19(28-35(3,31)32)22(34-2)23-10-15/h4-5,8-13,28H,6-7H2,1-3H3,(H,24,25,27). The van der Waals surface area contributed by atoms with E-state index in [2.05, 4.69) is 34.8 Å². The van der Waals surface area contributed by atoms with Gasteiger partial charge in [-0.2, -0.15) is 5.10 Å². The average molecular weight is 498 g/mol. The first-order valence-electron chi connectivity index (χ1n) is 10.4. The zero-order valence-electron chi connectivity index (χ0n) is 19.2. The molecule has 0 atom stereocenters. The number of sulfonamides is 1. The Morgan fingerprint density at radius 2 is 1.91 bits per heavy atom. The molecular weight excluding hydrogens is 474 g/mol. The molecule has 0 saturated heterocycles. The third kappa shape index (κ3) is 5.81. The van der Waals surface area contributed by atoms with Crippen molar-refractivity contribution in [2.24, 2.45) is 0 Å². The van der Waals surface area contributed by atoms with E-state index in [0.717, 1.165) is 17.2 Å². The highest BCUT2D eigenvalue weighted by Gasteiger charge is 2.13. The topological polar surface area (TPSA) is 150 Å². The molecule has 4 aromatic rings. The number of methoxy groups -OCH3 is 2. The molecule has 0 fully saturated rings. The number of nitrogens with one attached hydrogen (secondary N) is 2. The van der Waals surface area contributed by atoms with Crippen LogP contribution in [-0.4, -0.2) is 59.6 Å². The van der Waals surface area contributed by atoms with Crippen LogP contribution in [0.2, 0.25) is 0 Å². The van der Waals surface area contributed by atoms with Crippen molar-refractivity contribution in [3.8, 4) is 17.0 Å². The number of nitrogens with zero attached hydrogens (tertiary/aromatic N) is 5. The number of esters is 1. The van der Waals surface area contributed by atoms with Crippen LogP contribution in [0.5, 0.6) is 5.88 Å². The highest BCUT2D eigenvalue weighted by atomic mass is 32.2. The van der Waals surface area contributed by atoms with Crippen LogP contribution in [0.25, 0.3) is 22.0 Å². The normalized spacial score (nSPS) is 11.3. The molecule has 182 valence electrons. The van der Waals surface area contributed by atoms with Crippen molar-refractivity contribution in [2.45, 2.75) is 13.0 Å². The molecule has 3 aromatic heterocycles. The van der Waals surface area contributed by atoms with Crippen molar-refractivity contribution in [3.05, 3.63) is 49.2 Å². The van der Waals surface area contributed by atoms with Crippen LogP contribution >= 0.6 is 0 Å². The first kappa shape index (κ1) is 23.9. The average Bonchev–Trinajstić information content (AvgIpc) is 3.28. The maximum atomic E-state index is 11.8. The van der Waals surface area contributed by atoms with Gasteiger partial charge in [-0.25, -0.2) is 23.4 Å². The highest BCUT2D eigenvalue weighted by molar-refractivity contribution is 7.92. The van der Waals surface area contributed by atoms with Gasteiger partial charge in [0.05, 0.1) is 50.8 Å². The van der Waals surface area contributed by atoms with Gasteiger partial charge in [0.15, 0.2) is 0 Å². The van der Waals surface area contributed by atoms with Gasteiger partial charge in [0.1, 0.15) is 17.8 Å². The fraction of sp³-hybridized carbons (Fsp3) is 0.227. The summed E-state index contributed by atoms with van der Waals surface area (Å²) >= 11 is 0. The van der Waals surface area contributed by atoms with Crippen LogP contribution in [-0.2, 0) is 26.1 Å². The number of anilines is 3. The second-order valence-corrected chi connectivity index (χ2v) is 9.30. The highest BCUT2D eigenvalue weighted by Crippen LogP contribution is 2.32. The van der Waals surface area contributed by atoms with E-state index in [1.807, 2.05) is 18.2 Å². The Kier molecular flexibility index (Phi) is 6.78. The molecule has 0 unspecified atom stereocenters. The van der Waals surface area contributed by atoms with Crippen LogP contribution in [0.1, 0.15) is 6.42 Å². The quantitative estimate of drug-likeness (QED) is 0.330. The second-order valence-electron chi connectivity index (χ2n) is 7.55. The summed E-state index contributed by atoms with van der Waals surface area (Å²) in [5, 5.41) is 8.21. The molecule has 0 spiro atoms. The lowest BCUT2D eigenvalue weighted by Gasteiger charge is -2.12. The third-order valence-corrected chi connectivity index (χ3v) is 5.57. The number of ether oxygens (including phenoxy) is 2. The van der Waals surface area contributed by atoms with Gasteiger partial charge in [-0.15, -0.1) is 0 Å². The zero-order chi connectivity index (χ0) is 25.0. The molecule has 3 heterocycles. The Bertz CT molecular complexity index is 1490. The van der Waals surface area contributed by atoms with Gasteiger partial charge >= 0.3 is 5.97 Å². The van der Waals surface area contributed by atoms with Gasteiger partial charge in [-0.05, 0) is 23.8 Å². The second kappa shape index (κ2) is 9.93. The predicted molar refractivity (Wildman–Crippen MR) is 130 cm³/mol. The first-order valence-corrected chi connectivity index (χ1v) is 12.3. The Balaban J connectivity index is 1.65. The van der Waals surface area contributed by atoms with E-state index in [1.54, 1.807) is 29.3 Å². The van der Waals surface area contributed by atoms with Gasteiger partial charge < -0.3 is 14.8 Å². The van der Waals surface area contributed by atoms with Crippen molar-refractivity contribution >= 4 is 44.1 Å². The summed E-state index contributed by atoms with van der Waals surface area (Å²) in [4.78, 5) is 24.3. The Labute approximate surface area is 201 Å². The van der Waals surface area contributed by atoms with Crippen LogP contribution in [0.3, 0.4) is 0 Å². The number of hydrogen-bond acceptors (Lipinski definition) is 10. The van der Waals surface area contributed by atoms with Crippen LogP contribution in [0.4, 0.5) is 17.2 Å². The number of carbonyl (C=O) groups is 1. The van der Waals surface area contributed by atoms with Crippen molar-refractivity contribution in [1.29, 1.82) is 0 Å². The lowest BCUT2D eigenvalue weighted by atomic mass is 10.0. The van der Waals surface area contributed by atoms with Gasteiger partial charge in [0.25, 0.3) is 0 Å². The van der Waals surface area contributed by atoms with E-state index in [1.165, 1.54) is 20.5 Å². The number of carbonyl (C=O) groups excluding carboxylic acids is 1. The van der Waals surface area contributed by atoms with Crippen molar-refractivity contribution in [2.75, 3.05) is 30.5 Å². The number of pyridine rings is 1. The Morgan fingerprint density at radius 3 is 2.66 bits per heavy atom. The lowest BCUT2D eigenvalue weighted by molar-refractivity contribution is -0.140. The molecule has 4 rings (SSSR count). The van der Waals surface area contributed by atoms with E-state index in [4.69, 9.17) is 4.74 Å². The Hall–Kier alpha value is -4.26. The minimum Gasteiger partial charge on any atom is -0.480 e. The van der Waals surface area contributed by atoms with Gasteiger partial charge in [0, 0.05) is 23.3 Å². The molecule has 0 saturated carbocycles. The number of hydrogen-bond donors (Lipinski definition) is 2. The minimum absolute atomic E-state index is 0.162. The maximum absolute atomic E-state index is 11.8. The van der Waals surface area contributed by atoms with Crippen LogP contribution < -0.4 is 14.8 Å². The molecule has 35 heavy (non-hydrogen) atoms.